The van der Waals surface area contributed by atoms with Crippen LogP contribution in [0.5, 0.6) is 23.0 Å². The van der Waals surface area contributed by atoms with Gasteiger partial charge in [0.15, 0.2) is 0 Å². The molecule has 0 saturated heterocycles. The SMILES string of the molecule is N#Cc1ccc(Oc2cccc(Oc3cccc(C(F)(F)F)c3)c2)cc1C#N. The number of nitrogens with zero attached hydrogens (tertiary/aromatic N) is 2. The number of alkyl halides is 3. The van der Waals surface area contributed by atoms with Crippen molar-refractivity contribution >= 4 is 0 Å². The van der Waals surface area contributed by atoms with Gasteiger partial charge in [0.25, 0.3) is 0 Å². The Morgan fingerprint density at radius 1 is 0.643 bits per heavy atom. The lowest BCUT2D eigenvalue weighted by Gasteiger charge is -2.11. The second-order valence-corrected chi connectivity index (χ2v) is 5.64. The highest BCUT2D eigenvalue weighted by molar-refractivity contribution is 5.50. The molecule has 0 aliphatic heterocycles. The van der Waals surface area contributed by atoms with Crippen LogP contribution < -0.4 is 9.47 Å². The molecular weight excluding hydrogens is 369 g/mol. The van der Waals surface area contributed by atoms with E-state index in [1.165, 1.54) is 30.3 Å². The molecule has 3 aromatic carbocycles. The second-order valence-electron chi connectivity index (χ2n) is 5.64. The van der Waals surface area contributed by atoms with Crippen LogP contribution in [-0.4, -0.2) is 0 Å². The van der Waals surface area contributed by atoms with E-state index in [4.69, 9.17) is 20.0 Å². The van der Waals surface area contributed by atoms with Gasteiger partial charge in [-0.15, -0.1) is 0 Å². The standard InChI is InChI=1S/C21H11F3N2O2/c22-21(23,24)16-3-1-4-17(10-16)27-18-5-2-6-19(11-18)28-20-8-7-14(12-25)15(9-20)13-26/h1-11H. The molecular formula is C21H11F3N2O2. The van der Waals surface area contributed by atoms with E-state index in [1.54, 1.807) is 24.3 Å². The molecule has 0 aliphatic rings. The van der Waals surface area contributed by atoms with Crippen LogP contribution in [0.15, 0.2) is 66.7 Å². The Hall–Kier alpha value is -3.97. The topological polar surface area (TPSA) is 66.0 Å². The minimum absolute atomic E-state index is 0.0390. The predicted molar refractivity (Wildman–Crippen MR) is 93.9 cm³/mol. The first-order valence-corrected chi connectivity index (χ1v) is 7.96. The highest BCUT2D eigenvalue weighted by Crippen LogP contribution is 2.34. The molecule has 3 rings (SSSR count). The summed E-state index contributed by atoms with van der Waals surface area (Å²) in [7, 11) is 0. The third kappa shape index (κ3) is 4.40. The van der Waals surface area contributed by atoms with Crippen LogP contribution in [0, 0.1) is 22.7 Å². The van der Waals surface area contributed by atoms with Gasteiger partial charge in [-0.1, -0.05) is 12.1 Å². The van der Waals surface area contributed by atoms with Crippen LogP contribution in [0.2, 0.25) is 0 Å². The maximum Gasteiger partial charge on any atom is 0.416 e. The van der Waals surface area contributed by atoms with Crippen molar-refractivity contribution in [3.63, 3.8) is 0 Å². The minimum atomic E-state index is -4.46. The zero-order chi connectivity index (χ0) is 20.1. The summed E-state index contributed by atoms with van der Waals surface area (Å²) in [4.78, 5) is 0. The van der Waals surface area contributed by atoms with Crippen molar-refractivity contribution in [2.75, 3.05) is 0 Å². The molecule has 0 fully saturated rings. The van der Waals surface area contributed by atoms with Gasteiger partial charge in [0, 0.05) is 6.07 Å². The van der Waals surface area contributed by atoms with Gasteiger partial charge in [-0.3, -0.25) is 0 Å². The van der Waals surface area contributed by atoms with E-state index in [0.29, 0.717) is 11.5 Å². The Kier molecular flexibility index (Phi) is 5.19. The molecule has 7 heteroatoms. The molecule has 0 heterocycles. The molecule has 0 spiro atoms. The summed E-state index contributed by atoms with van der Waals surface area (Å²) in [6.07, 6.45) is -4.46. The number of hydrogen-bond acceptors (Lipinski definition) is 4. The van der Waals surface area contributed by atoms with Gasteiger partial charge in [0.05, 0.1) is 16.7 Å². The third-order valence-electron chi connectivity index (χ3n) is 3.67. The van der Waals surface area contributed by atoms with Crippen molar-refractivity contribution in [2.45, 2.75) is 6.18 Å². The number of benzene rings is 3. The highest BCUT2D eigenvalue weighted by atomic mass is 19.4. The Morgan fingerprint density at radius 3 is 1.75 bits per heavy atom. The molecule has 0 aliphatic carbocycles. The Balaban J connectivity index is 1.80. The average molecular weight is 380 g/mol. The molecule has 28 heavy (non-hydrogen) atoms. The predicted octanol–water partition coefficient (Wildman–Crippen LogP) is 6.03. The summed E-state index contributed by atoms with van der Waals surface area (Å²) in [5.41, 5.74) is -0.396. The van der Waals surface area contributed by atoms with Crippen LogP contribution in [0.4, 0.5) is 13.2 Å². The summed E-state index contributed by atoms with van der Waals surface area (Å²) in [5.74, 6) is 1.02. The zero-order valence-electron chi connectivity index (χ0n) is 14.2. The second kappa shape index (κ2) is 7.73. The lowest BCUT2D eigenvalue weighted by molar-refractivity contribution is -0.137. The number of halogens is 3. The smallest absolute Gasteiger partial charge is 0.416 e. The molecule has 0 N–H and O–H groups in total. The van der Waals surface area contributed by atoms with Crippen LogP contribution in [0.3, 0.4) is 0 Å². The maximum atomic E-state index is 12.8. The van der Waals surface area contributed by atoms with Gasteiger partial charge in [0.2, 0.25) is 0 Å². The summed E-state index contributed by atoms with van der Waals surface area (Å²) in [6.45, 7) is 0. The molecule has 0 bridgehead atoms. The van der Waals surface area contributed by atoms with E-state index >= 15 is 0 Å². The lowest BCUT2D eigenvalue weighted by atomic mass is 10.1. The molecule has 4 nitrogen and oxygen atoms in total. The van der Waals surface area contributed by atoms with Gasteiger partial charge in [-0.25, -0.2) is 0 Å². The average Bonchev–Trinajstić information content (AvgIpc) is 2.68. The number of rotatable bonds is 4. The quantitative estimate of drug-likeness (QED) is 0.554. The van der Waals surface area contributed by atoms with Crippen LogP contribution in [0.1, 0.15) is 16.7 Å². The number of nitriles is 2. The fraction of sp³-hybridized carbons (Fsp3) is 0.0476. The fourth-order valence-electron chi connectivity index (χ4n) is 2.39. The lowest BCUT2D eigenvalue weighted by Crippen LogP contribution is -2.04. The van der Waals surface area contributed by atoms with E-state index in [9.17, 15) is 13.2 Å². The highest BCUT2D eigenvalue weighted by Gasteiger charge is 2.30. The van der Waals surface area contributed by atoms with Gasteiger partial charge >= 0.3 is 6.18 Å². The van der Waals surface area contributed by atoms with Crippen molar-refractivity contribution in [3.05, 3.63) is 83.4 Å². The summed E-state index contributed by atoms with van der Waals surface area (Å²) >= 11 is 0. The van der Waals surface area contributed by atoms with E-state index < -0.39 is 11.7 Å². The molecule has 0 atom stereocenters. The molecule has 0 saturated carbocycles. The molecule has 138 valence electrons. The van der Waals surface area contributed by atoms with E-state index in [-0.39, 0.29) is 22.6 Å². The third-order valence-corrected chi connectivity index (χ3v) is 3.67. The van der Waals surface area contributed by atoms with E-state index in [1.807, 2.05) is 12.1 Å². The number of hydrogen-bond donors (Lipinski definition) is 0. The van der Waals surface area contributed by atoms with Crippen molar-refractivity contribution in [1.29, 1.82) is 10.5 Å². The maximum absolute atomic E-state index is 12.8. The first-order valence-electron chi connectivity index (χ1n) is 7.96. The number of ether oxygens (including phenoxy) is 2. The minimum Gasteiger partial charge on any atom is -0.457 e. The van der Waals surface area contributed by atoms with Crippen molar-refractivity contribution in [2.24, 2.45) is 0 Å². The van der Waals surface area contributed by atoms with Crippen LogP contribution >= 0.6 is 0 Å². The Labute approximate surface area is 158 Å². The van der Waals surface area contributed by atoms with Crippen LogP contribution in [0.25, 0.3) is 0 Å². The molecule has 0 amide bonds. The van der Waals surface area contributed by atoms with Crippen molar-refractivity contribution < 1.29 is 22.6 Å². The Bertz CT molecular complexity index is 1100. The molecule has 0 radical (unpaired) electrons. The summed E-state index contributed by atoms with van der Waals surface area (Å²) in [5, 5.41) is 18.0. The fourth-order valence-corrected chi connectivity index (χ4v) is 2.39. The monoisotopic (exact) mass is 380 g/mol. The first-order chi connectivity index (χ1) is 13.4. The van der Waals surface area contributed by atoms with E-state index in [0.717, 1.165) is 12.1 Å². The van der Waals surface area contributed by atoms with Crippen molar-refractivity contribution in [3.8, 4) is 35.1 Å². The summed E-state index contributed by atoms with van der Waals surface area (Å²) < 4.78 is 49.6. The van der Waals surface area contributed by atoms with E-state index in [2.05, 4.69) is 0 Å². The first kappa shape index (κ1) is 18.8. The summed E-state index contributed by atoms with van der Waals surface area (Å²) in [6, 6.07) is 19.1. The van der Waals surface area contributed by atoms with Crippen molar-refractivity contribution in [1.82, 2.24) is 0 Å². The normalized spacial score (nSPS) is 10.6. The molecule has 3 aromatic rings. The largest absolute Gasteiger partial charge is 0.457 e. The van der Waals surface area contributed by atoms with Gasteiger partial charge < -0.3 is 9.47 Å². The Morgan fingerprint density at radius 2 is 1.18 bits per heavy atom. The molecule has 0 aromatic heterocycles. The van der Waals surface area contributed by atoms with Crippen LogP contribution in [-0.2, 0) is 6.18 Å². The van der Waals surface area contributed by atoms with Gasteiger partial charge in [-0.2, -0.15) is 23.7 Å². The van der Waals surface area contributed by atoms with Gasteiger partial charge in [-0.05, 0) is 48.5 Å². The van der Waals surface area contributed by atoms with Gasteiger partial charge in [0.1, 0.15) is 35.1 Å². The molecule has 0 unspecified atom stereocenters. The zero-order valence-corrected chi connectivity index (χ0v) is 14.2.